The van der Waals surface area contributed by atoms with Crippen LogP contribution in [-0.4, -0.2) is 23.7 Å². The van der Waals surface area contributed by atoms with E-state index in [0.29, 0.717) is 19.4 Å². The van der Waals surface area contributed by atoms with Crippen molar-refractivity contribution in [3.8, 4) is 0 Å². The molecule has 2 unspecified atom stereocenters. The van der Waals surface area contributed by atoms with Crippen molar-refractivity contribution in [3.05, 3.63) is 0 Å². The van der Waals surface area contributed by atoms with Gasteiger partial charge in [-0.25, -0.2) is 0 Å². The molecule has 0 saturated heterocycles. The number of aliphatic carboxylic acids is 1. The molecule has 0 saturated carbocycles. The molecule has 0 aliphatic heterocycles. The minimum Gasteiger partial charge on any atom is -0.481 e. The molecule has 0 fully saturated rings. The Kier molecular flexibility index (Phi) is 5.33. The van der Waals surface area contributed by atoms with Gasteiger partial charge < -0.3 is 9.84 Å². The van der Waals surface area contributed by atoms with Crippen molar-refractivity contribution in [2.75, 3.05) is 6.61 Å². The molecule has 0 amide bonds. The fourth-order valence-electron chi connectivity index (χ4n) is 1.43. The Morgan fingerprint density at radius 3 is 2.27 bits per heavy atom. The molecule has 0 bridgehead atoms. The molecular formula is C11H20O4. The van der Waals surface area contributed by atoms with Gasteiger partial charge in [0.1, 0.15) is 0 Å². The lowest BCUT2D eigenvalue weighted by atomic mass is 9.79. The topological polar surface area (TPSA) is 63.6 Å². The van der Waals surface area contributed by atoms with E-state index in [0.717, 1.165) is 0 Å². The molecule has 1 N–H and O–H groups in total. The normalized spacial score (nSPS) is 16.5. The molecule has 0 aliphatic rings. The van der Waals surface area contributed by atoms with E-state index in [-0.39, 0.29) is 11.9 Å². The molecule has 15 heavy (non-hydrogen) atoms. The molecule has 2 atom stereocenters. The Morgan fingerprint density at radius 2 is 1.93 bits per heavy atom. The molecule has 0 spiro atoms. The second-order valence-electron chi connectivity index (χ2n) is 4.08. The van der Waals surface area contributed by atoms with E-state index >= 15 is 0 Å². The highest BCUT2D eigenvalue weighted by Gasteiger charge is 2.35. The molecule has 0 heterocycles. The van der Waals surface area contributed by atoms with Crippen molar-refractivity contribution in [1.82, 2.24) is 0 Å². The largest absolute Gasteiger partial charge is 0.481 e. The zero-order chi connectivity index (χ0) is 12.1. The first-order valence-corrected chi connectivity index (χ1v) is 5.27. The van der Waals surface area contributed by atoms with Crippen LogP contribution in [0.2, 0.25) is 0 Å². The summed E-state index contributed by atoms with van der Waals surface area (Å²) in [6.45, 7) is 7.24. The van der Waals surface area contributed by atoms with Gasteiger partial charge in [0.15, 0.2) is 0 Å². The lowest BCUT2D eigenvalue weighted by Crippen LogP contribution is -2.31. The molecule has 4 nitrogen and oxygen atoms in total. The highest BCUT2D eigenvalue weighted by atomic mass is 16.5. The van der Waals surface area contributed by atoms with Crippen molar-refractivity contribution < 1.29 is 19.4 Å². The Labute approximate surface area is 90.6 Å². The predicted molar refractivity (Wildman–Crippen MR) is 56.4 cm³/mol. The number of carbonyl (C=O) groups is 2. The Hall–Kier alpha value is -1.06. The summed E-state index contributed by atoms with van der Waals surface area (Å²) in [5, 5.41) is 9.04. The van der Waals surface area contributed by atoms with E-state index in [2.05, 4.69) is 0 Å². The maximum absolute atomic E-state index is 11.3. The SMILES string of the molecule is CCOC(=O)C(C)CC(C)(CC)C(=O)O. The van der Waals surface area contributed by atoms with Crippen molar-refractivity contribution >= 4 is 11.9 Å². The molecule has 0 radical (unpaired) electrons. The van der Waals surface area contributed by atoms with Gasteiger partial charge in [-0.15, -0.1) is 0 Å². The number of esters is 1. The standard InChI is InChI=1S/C11H20O4/c1-5-11(4,10(13)14)7-8(3)9(12)15-6-2/h8H,5-7H2,1-4H3,(H,13,14). The van der Waals surface area contributed by atoms with Crippen LogP contribution in [0.25, 0.3) is 0 Å². The minimum absolute atomic E-state index is 0.317. The summed E-state index contributed by atoms with van der Waals surface area (Å²) in [5.74, 6) is -1.55. The summed E-state index contributed by atoms with van der Waals surface area (Å²) in [7, 11) is 0. The average molecular weight is 216 g/mol. The van der Waals surface area contributed by atoms with E-state index in [1.807, 2.05) is 6.92 Å². The van der Waals surface area contributed by atoms with Crippen LogP contribution in [0.5, 0.6) is 0 Å². The zero-order valence-corrected chi connectivity index (χ0v) is 9.87. The lowest BCUT2D eigenvalue weighted by molar-refractivity contribution is -0.153. The maximum Gasteiger partial charge on any atom is 0.309 e. The van der Waals surface area contributed by atoms with Crippen molar-refractivity contribution in [2.24, 2.45) is 11.3 Å². The lowest BCUT2D eigenvalue weighted by Gasteiger charge is -2.25. The zero-order valence-electron chi connectivity index (χ0n) is 9.87. The third kappa shape index (κ3) is 3.90. The molecule has 4 heteroatoms. The van der Waals surface area contributed by atoms with Crippen LogP contribution in [0.3, 0.4) is 0 Å². The molecule has 0 aliphatic carbocycles. The third-order valence-electron chi connectivity index (χ3n) is 2.74. The van der Waals surface area contributed by atoms with Gasteiger partial charge in [-0.3, -0.25) is 9.59 Å². The van der Waals surface area contributed by atoms with Crippen molar-refractivity contribution in [3.63, 3.8) is 0 Å². The van der Waals surface area contributed by atoms with Crippen LogP contribution in [0.4, 0.5) is 0 Å². The first-order chi connectivity index (χ1) is 6.87. The van der Waals surface area contributed by atoms with Crippen LogP contribution in [0, 0.1) is 11.3 Å². The monoisotopic (exact) mass is 216 g/mol. The predicted octanol–water partition coefficient (Wildman–Crippen LogP) is 2.08. The van der Waals surface area contributed by atoms with Crippen molar-refractivity contribution in [2.45, 2.75) is 40.5 Å². The number of ether oxygens (including phenoxy) is 1. The number of hydrogen-bond donors (Lipinski definition) is 1. The van der Waals surface area contributed by atoms with E-state index in [1.165, 1.54) is 0 Å². The Morgan fingerprint density at radius 1 is 1.40 bits per heavy atom. The fraction of sp³-hybridized carbons (Fsp3) is 0.818. The molecule has 0 aromatic heterocycles. The van der Waals surface area contributed by atoms with Gasteiger partial charge in [-0.2, -0.15) is 0 Å². The maximum atomic E-state index is 11.3. The van der Waals surface area contributed by atoms with Crippen molar-refractivity contribution in [1.29, 1.82) is 0 Å². The van der Waals surface area contributed by atoms with Gasteiger partial charge in [0.2, 0.25) is 0 Å². The second kappa shape index (κ2) is 5.73. The van der Waals surface area contributed by atoms with E-state index in [9.17, 15) is 9.59 Å². The molecule has 0 aromatic rings. The molecule has 88 valence electrons. The number of rotatable bonds is 6. The first-order valence-electron chi connectivity index (χ1n) is 5.27. The van der Waals surface area contributed by atoms with Crippen LogP contribution < -0.4 is 0 Å². The van der Waals surface area contributed by atoms with Gasteiger partial charge in [0.25, 0.3) is 0 Å². The van der Waals surface area contributed by atoms with Gasteiger partial charge in [-0.05, 0) is 26.7 Å². The molecule has 0 aromatic carbocycles. The summed E-state index contributed by atoms with van der Waals surface area (Å²) in [6.07, 6.45) is 0.823. The summed E-state index contributed by atoms with van der Waals surface area (Å²) >= 11 is 0. The Balaban J connectivity index is 4.42. The minimum atomic E-state index is -0.860. The number of carboxylic acids is 1. The Bertz CT molecular complexity index is 237. The highest BCUT2D eigenvalue weighted by Crippen LogP contribution is 2.30. The fourth-order valence-corrected chi connectivity index (χ4v) is 1.43. The first kappa shape index (κ1) is 13.9. The quantitative estimate of drug-likeness (QED) is 0.690. The van der Waals surface area contributed by atoms with Gasteiger partial charge >= 0.3 is 11.9 Å². The van der Waals surface area contributed by atoms with Gasteiger partial charge in [0.05, 0.1) is 17.9 Å². The van der Waals surface area contributed by atoms with Crippen LogP contribution in [0.15, 0.2) is 0 Å². The highest BCUT2D eigenvalue weighted by molar-refractivity contribution is 5.77. The smallest absolute Gasteiger partial charge is 0.309 e. The number of hydrogen-bond acceptors (Lipinski definition) is 3. The number of carbonyl (C=O) groups excluding carboxylic acids is 1. The van der Waals surface area contributed by atoms with Crippen LogP contribution in [-0.2, 0) is 14.3 Å². The summed E-state index contributed by atoms with van der Waals surface area (Å²) in [6, 6.07) is 0. The second-order valence-corrected chi connectivity index (χ2v) is 4.08. The summed E-state index contributed by atoms with van der Waals surface area (Å²) in [5.41, 5.74) is -0.841. The van der Waals surface area contributed by atoms with Gasteiger partial charge in [-0.1, -0.05) is 13.8 Å². The third-order valence-corrected chi connectivity index (χ3v) is 2.74. The average Bonchev–Trinajstić information content (AvgIpc) is 2.17. The van der Waals surface area contributed by atoms with Gasteiger partial charge in [0, 0.05) is 0 Å². The van der Waals surface area contributed by atoms with E-state index in [1.54, 1.807) is 20.8 Å². The molecule has 0 rings (SSSR count). The van der Waals surface area contributed by atoms with Crippen LogP contribution >= 0.6 is 0 Å². The summed E-state index contributed by atoms with van der Waals surface area (Å²) < 4.78 is 4.84. The summed E-state index contributed by atoms with van der Waals surface area (Å²) in [4.78, 5) is 22.4. The van der Waals surface area contributed by atoms with Crippen LogP contribution in [0.1, 0.15) is 40.5 Å². The van der Waals surface area contributed by atoms with E-state index in [4.69, 9.17) is 9.84 Å². The van der Waals surface area contributed by atoms with E-state index < -0.39 is 11.4 Å². The molecular weight excluding hydrogens is 196 g/mol. The number of carboxylic acid groups (broad SMARTS) is 1.